The molecule has 0 aliphatic rings. The maximum Gasteiger partial charge on any atom is 0.255 e. The van der Waals surface area contributed by atoms with E-state index < -0.39 is 0 Å². The molecule has 0 amide bonds. The minimum Gasteiger partial charge on any atom is -0.380 e. The third kappa shape index (κ3) is 5.43. The molecule has 5 heteroatoms. The van der Waals surface area contributed by atoms with Gasteiger partial charge in [-0.3, -0.25) is 4.79 Å². The van der Waals surface area contributed by atoms with Gasteiger partial charge in [0, 0.05) is 24.9 Å². The second-order valence-electron chi connectivity index (χ2n) is 5.62. The number of rotatable bonds is 8. The molecular formula is C15H27N3O2. The first-order chi connectivity index (χ1) is 9.41. The molecule has 0 aromatic carbocycles. The van der Waals surface area contributed by atoms with Crippen LogP contribution in [0.3, 0.4) is 0 Å². The molecular weight excluding hydrogens is 254 g/mol. The maximum absolute atomic E-state index is 11.9. The lowest BCUT2D eigenvalue weighted by Gasteiger charge is -2.15. The Morgan fingerprint density at radius 1 is 1.25 bits per heavy atom. The second kappa shape index (κ2) is 8.17. The molecule has 0 spiro atoms. The van der Waals surface area contributed by atoms with Crippen LogP contribution in [0.1, 0.15) is 50.3 Å². The molecule has 0 radical (unpaired) electrons. The molecule has 20 heavy (non-hydrogen) atoms. The van der Waals surface area contributed by atoms with Crippen LogP contribution in [0, 0.1) is 19.8 Å². The molecule has 1 aromatic rings. The van der Waals surface area contributed by atoms with E-state index in [0.29, 0.717) is 23.9 Å². The highest BCUT2D eigenvalue weighted by atomic mass is 16.5. The van der Waals surface area contributed by atoms with Gasteiger partial charge in [0.1, 0.15) is 5.82 Å². The van der Waals surface area contributed by atoms with E-state index >= 15 is 0 Å². The van der Waals surface area contributed by atoms with Gasteiger partial charge in [0.05, 0.1) is 12.2 Å². The van der Waals surface area contributed by atoms with Crippen LogP contribution in [-0.4, -0.2) is 29.7 Å². The molecule has 0 aliphatic heterocycles. The Kier molecular flexibility index (Phi) is 6.88. The predicted molar refractivity (Wildman–Crippen MR) is 81.0 cm³/mol. The quantitative estimate of drug-likeness (QED) is 0.716. The number of ether oxygens (including phenoxy) is 1. The number of hydrogen-bond acceptors (Lipinski definition) is 4. The molecule has 0 saturated carbocycles. The summed E-state index contributed by atoms with van der Waals surface area (Å²) in [6, 6.07) is -0.0273. The van der Waals surface area contributed by atoms with E-state index in [2.05, 4.69) is 29.1 Å². The van der Waals surface area contributed by atoms with Gasteiger partial charge in [-0.05, 0) is 33.1 Å². The summed E-state index contributed by atoms with van der Waals surface area (Å²) < 4.78 is 5.55. The highest BCUT2D eigenvalue weighted by Crippen LogP contribution is 2.10. The van der Waals surface area contributed by atoms with Crippen molar-refractivity contribution in [3.8, 4) is 0 Å². The smallest absolute Gasteiger partial charge is 0.255 e. The molecule has 0 aliphatic carbocycles. The standard InChI is InChI=1S/C15H27N3O2/c1-10(2)6-8-20-9-7-16-11(3)14-12(4)17-13(5)18-15(14)19/h10-11,16H,6-9H2,1-5H3,(H,17,18,19). The van der Waals surface area contributed by atoms with Crippen molar-refractivity contribution in [1.82, 2.24) is 15.3 Å². The average molecular weight is 281 g/mol. The zero-order valence-electron chi connectivity index (χ0n) is 13.2. The highest BCUT2D eigenvalue weighted by Gasteiger charge is 2.13. The number of aromatic amines is 1. The zero-order valence-corrected chi connectivity index (χ0v) is 13.2. The Hall–Kier alpha value is -1.20. The van der Waals surface area contributed by atoms with Crippen LogP contribution in [0.4, 0.5) is 0 Å². The molecule has 0 fully saturated rings. The largest absolute Gasteiger partial charge is 0.380 e. The minimum atomic E-state index is -0.0595. The number of hydrogen-bond donors (Lipinski definition) is 2. The molecule has 0 saturated heterocycles. The summed E-state index contributed by atoms with van der Waals surface area (Å²) in [6.07, 6.45) is 1.08. The van der Waals surface area contributed by atoms with Gasteiger partial charge in [-0.15, -0.1) is 0 Å². The Balaban J connectivity index is 2.40. The van der Waals surface area contributed by atoms with Crippen LogP contribution < -0.4 is 10.9 Å². The maximum atomic E-state index is 11.9. The van der Waals surface area contributed by atoms with Crippen LogP contribution >= 0.6 is 0 Å². The van der Waals surface area contributed by atoms with Crippen molar-refractivity contribution < 1.29 is 4.74 Å². The van der Waals surface area contributed by atoms with Crippen LogP contribution in [0.5, 0.6) is 0 Å². The van der Waals surface area contributed by atoms with E-state index in [1.165, 1.54) is 0 Å². The van der Waals surface area contributed by atoms with Crippen LogP contribution in [0.15, 0.2) is 4.79 Å². The van der Waals surface area contributed by atoms with Crippen LogP contribution in [-0.2, 0) is 4.74 Å². The van der Waals surface area contributed by atoms with Crippen molar-refractivity contribution >= 4 is 0 Å². The molecule has 114 valence electrons. The Morgan fingerprint density at radius 2 is 1.95 bits per heavy atom. The summed E-state index contributed by atoms with van der Waals surface area (Å²) in [5, 5.41) is 3.30. The Bertz CT molecular complexity index is 469. The normalized spacial score (nSPS) is 12.9. The molecule has 1 atom stereocenters. The zero-order chi connectivity index (χ0) is 15.1. The van der Waals surface area contributed by atoms with E-state index in [9.17, 15) is 4.79 Å². The van der Waals surface area contributed by atoms with Crippen molar-refractivity contribution in [2.24, 2.45) is 5.92 Å². The summed E-state index contributed by atoms with van der Waals surface area (Å²) >= 11 is 0. The first-order valence-corrected chi connectivity index (χ1v) is 7.30. The molecule has 1 unspecified atom stereocenters. The lowest BCUT2D eigenvalue weighted by Crippen LogP contribution is -2.30. The molecule has 2 N–H and O–H groups in total. The van der Waals surface area contributed by atoms with Gasteiger partial charge in [-0.1, -0.05) is 13.8 Å². The van der Waals surface area contributed by atoms with E-state index in [0.717, 1.165) is 25.3 Å². The van der Waals surface area contributed by atoms with Gasteiger partial charge < -0.3 is 15.0 Å². The van der Waals surface area contributed by atoms with Crippen molar-refractivity contribution in [2.75, 3.05) is 19.8 Å². The summed E-state index contributed by atoms with van der Waals surface area (Å²) in [5.41, 5.74) is 1.43. The topological polar surface area (TPSA) is 67.0 Å². The van der Waals surface area contributed by atoms with Crippen molar-refractivity contribution in [3.05, 3.63) is 27.4 Å². The molecule has 1 rings (SSSR count). The first-order valence-electron chi connectivity index (χ1n) is 7.30. The molecule has 5 nitrogen and oxygen atoms in total. The fourth-order valence-electron chi connectivity index (χ4n) is 2.12. The third-order valence-corrected chi connectivity index (χ3v) is 3.23. The van der Waals surface area contributed by atoms with E-state index in [-0.39, 0.29) is 11.6 Å². The molecule has 1 aromatic heterocycles. The van der Waals surface area contributed by atoms with Gasteiger partial charge in [0.25, 0.3) is 5.56 Å². The average Bonchev–Trinajstić information content (AvgIpc) is 2.31. The predicted octanol–water partition coefficient (Wildman–Crippen LogP) is 2.10. The monoisotopic (exact) mass is 281 g/mol. The van der Waals surface area contributed by atoms with Crippen LogP contribution in [0.2, 0.25) is 0 Å². The van der Waals surface area contributed by atoms with Crippen molar-refractivity contribution in [3.63, 3.8) is 0 Å². The highest BCUT2D eigenvalue weighted by molar-refractivity contribution is 5.19. The number of aromatic nitrogens is 2. The lowest BCUT2D eigenvalue weighted by atomic mass is 10.1. The van der Waals surface area contributed by atoms with Gasteiger partial charge >= 0.3 is 0 Å². The summed E-state index contributed by atoms with van der Waals surface area (Å²) in [4.78, 5) is 19.0. The third-order valence-electron chi connectivity index (χ3n) is 3.23. The second-order valence-corrected chi connectivity index (χ2v) is 5.62. The summed E-state index contributed by atoms with van der Waals surface area (Å²) in [6.45, 7) is 12.2. The van der Waals surface area contributed by atoms with E-state index in [1.54, 1.807) is 6.92 Å². The fourth-order valence-corrected chi connectivity index (χ4v) is 2.12. The first kappa shape index (κ1) is 16.9. The fraction of sp³-hybridized carbons (Fsp3) is 0.733. The minimum absolute atomic E-state index is 0.0273. The lowest BCUT2D eigenvalue weighted by molar-refractivity contribution is 0.123. The van der Waals surface area contributed by atoms with Crippen LogP contribution in [0.25, 0.3) is 0 Å². The Labute approximate surface area is 121 Å². The molecule has 1 heterocycles. The van der Waals surface area contributed by atoms with Crippen molar-refractivity contribution in [1.29, 1.82) is 0 Å². The molecule has 0 bridgehead atoms. The number of nitrogens with zero attached hydrogens (tertiary/aromatic N) is 1. The summed E-state index contributed by atoms with van der Waals surface area (Å²) in [5.74, 6) is 1.32. The van der Waals surface area contributed by atoms with Gasteiger partial charge in [0.15, 0.2) is 0 Å². The van der Waals surface area contributed by atoms with E-state index in [4.69, 9.17) is 4.74 Å². The SMILES string of the molecule is Cc1nc(C)c(C(C)NCCOCCC(C)C)c(=O)[nH]1. The van der Waals surface area contributed by atoms with Gasteiger partial charge in [0.2, 0.25) is 0 Å². The van der Waals surface area contributed by atoms with Crippen molar-refractivity contribution in [2.45, 2.75) is 47.1 Å². The van der Waals surface area contributed by atoms with Gasteiger partial charge in [-0.25, -0.2) is 4.98 Å². The van der Waals surface area contributed by atoms with Gasteiger partial charge in [-0.2, -0.15) is 0 Å². The number of H-pyrrole nitrogens is 1. The Morgan fingerprint density at radius 3 is 2.55 bits per heavy atom. The van der Waals surface area contributed by atoms with E-state index in [1.807, 2.05) is 13.8 Å². The summed E-state index contributed by atoms with van der Waals surface area (Å²) in [7, 11) is 0. The number of nitrogens with one attached hydrogen (secondary N) is 2. The number of aryl methyl sites for hydroxylation is 2.